The van der Waals surface area contributed by atoms with E-state index in [0.29, 0.717) is 11.1 Å². The molecule has 1 saturated heterocycles. The Balaban J connectivity index is 2.34. The monoisotopic (exact) mass is 218 g/mol. The molecule has 0 bridgehead atoms. The molecule has 1 fully saturated rings. The molecule has 0 spiro atoms. The first-order valence-electron chi connectivity index (χ1n) is 5.35. The Kier molecular flexibility index (Phi) is 3.31. The minimum Gasteiger partial charge on any atom is -0.368 e. The fourth-order valence-electron chi connectivity index (χ4n) is 1.91. The molecule has 1 aliphatic heterocycles. The van der Waals surface area contributed by atoms with Gasteiger partial charge < -0.3 is 10.2 Å². The minimum absolute atomic E-state index is 0.610. The zero-order valence-electron chi connectivity index (χ0n) is 8.98. The lowest BCUT2D eigenvalue weighted by Crippen LogP contribution is -2.43. The largest absolute Gasteiger partial charge is 0.368 e. The molecule has 4 nitrogen and oxygen atoms in total. The number of piperazine rings is 1. The normalized spacial score (nSPS) is 15.9. The van der Waals surface area contributed by atoms with E-state index in [4.69, 9.17) is 0 Å². The Morgan fingerprint density at radius 3 is 2.50 bits per heavy atom. The molecule has 1 aromatic carbocycles. The zero-order valence-corrected chi connectivity index (χ0v) is 8.98. The first kappa shape index (κ1) is 10.8. The van der Waals surface area contributed by atoms with Gasteiger partial charge in [-0.15, -0.1) is 0 Å². The molecule has 0 aromatic heterocycles. The summed E-state index contributed by atoms with van der Waals surface area (Å²) in [7, 11) is 0. The van der Waals surface area contributed by atoms with Gasteiger partial charge >= 0.3 is 0 Å². The maximum absolute atomic E-state index is 10.9. The van der Waals surface area contributed by atoms with Crippen molar-refractivity contribution >= 4 is 18.3 Å². The van der Waals surface area contributed by atoms with E-state index in [1.165, 1.54) is 0 Å². The van der Waals surface area contributed by atoms with Crippen LogP contribution < -0.4 is 10.2 Å². The van der Waals surface area contributed by atoms with E-state index in [0.717, 1.165) is 44.4 Å². The van der Waals surface area contributed by atoms with Crippen LogP contribution in [0.25, 0.3) is 0 Å². The van der Waals surface area contributed by atoms with Crippen molar-refractivity contribution in [3.05, 3.63) is 29.3 Å². The van der Waals surface area contributed by atoms with Crippen molar-refractivity contribution in [2.75, 3.05) is 31.1 Å². The average Bonchev–Trinajstić information content (AvgIpc) is 2.39. The van der Waals surface area contributed by atoms with Crippen LogP contribution in [-0.2, 0) is 0 Å². The van der Waals surface area contributed by atoms with Gasteiger partial charge in [0.05, 0.1) is 0 Å². The number of aldehydes is 2. The SMILES string of the molecule is O=Cc1ccc(C=O)c(N2CCNCC2)c1. The van der Waals surface area contributed by atoms with Crippen LogP contribution in [0.5, 0.6) is 0 Å². The topological polar surface area (TPSA) is 49.4 Å². The molecule has 1 heterocycles. The second-order valence-corrected chi connectivity index (χ2v) is 3.79. The second-order valence-electron chi connectivity index (χ2n) is 3.79. The lowest BCUT2D eigenvalue weighted by Gasteiger charge is -2.30. The molecule has 4 heteroatoms. The van der Waals surface area contributed by atoms with Crippen LogP contribution in [0.1, 0.15) is 20.7 Å². The average molecular weight is 218 g/mol. The predicted octanol–water partition coefficient (Wildman–Crippen LogP) is 0.721. The molecule has 1 aliphatic rings. The van der Waals surface area contributed by atoms with Crippen LogP contribution >= 0.6 is 0 Å². The highest BCUT2D eigenvalue weighted by atomic mass is 16.1. The molecule has 0 saturated carbocycles. The third kappa shape index (κ3) is 2.12. The highest BCUT2D eigenvalue weighted by Gasteiger charge is 2.14. The molecule has 1 aromatic rings. The molecule has 0 atom stereocenters. The quantitative estimate of drug-likeness (QED) is 0.759. The Bertz CT molecular complexity index is 398. The summed E-state index contributed by atoms with van der Waals surface area (Å²) in [4.78, 5) is 23.8. The van der Waals surface area contributed by atoms with Gasteiger partial charge in [0.2, 0.25) is 0 Å². The van der Waals surface area contributed by atoms with Gasteiger partial charge in [-0.3, -0.25) is 9.59 Å². The van der Waals surface area contributed by atoms with Crippen molar-refractivity contribution in [2.24, 2.45) is 0 Å². The van der Waals surface area contributed by atoms with Crippen molar-refractivity contribution in [1.82, 2.24) is 5.32 Å². The molecule has 0 radical (unpaired) electrons. The van der Waals surface area contributed by atoms with E-state index in [-0.39, 0.29) is 0 Å². The van der Waals surface area contributed by atoms with Gasteiger partial charge in [-0.25, -0.2) is 0 Å². The molecule has 84 valence electrons. The zero-order chi connectivity index (χ0) is 11.4. The van der Waals surface area contributed by atoms with Crippen LogP contribution in [0, 0.1) is 0 Å². The summed E-state index contributed by atoms with van der Waals surface area (Å²) in [5, 5.41) is 3.25. The third-order valence-corrected chi connectivity index (χ3v) is 2.78. The fourth-order valence-corrected chi connectivity index (χ4v) is 1.91. The fraction of sp³-hybridized carbons (Fsp3) is 0.333. The molecule has 1 N–H and O–H groups in total. The summed E-state index contributed by atoms with van der Waals surface area (Å²) in [6.45, 7) is 3.54. The van der Waals surface area contributed by atoms with E-state index in [1.54, 1.807) is 18.2 Å². The van der Waals surface area contributed by atoms with Gasteiger partial charge in [0.15, 0.2) is 6.29 Å². The first-order chi connectivity index (χ1) is 7.85. The van der Waals surface area contributed by atoms with Crippen LogP contribution in [0.2, 0.25) is 0 Å². The Hall–Kier alpha value is -1.68. The molecule has 0 aliphatic carbocycles. The predicted molar refractivity (Wildman–Crippen MR) is 62.3 cm³/mol. The van der Waals surface area contributed by atoms with Crippen molar-refractivity contribution in [2.45, 2.75) is 0 Å². The van der Waals surface area contributed by atoms with Crippen molar-refractivity contribution in [3.63, 3.8) is 0 Å². The first-order valence-corrected chi connectivity index (χ1v) is 5.35. The number of hydrogen-bond donors (Lipinski definition) is 1. The number of carbonyl (C=O) groups is 2. The van der Waals surface area contributed by atoms with Crippen molar-refractivity contribution < 1.29 is 9.59 Å². The molecule has 16 heavy (non-hydrogen) atoms. The summed E-state index contributed by atoms with van der Waals surface area (Å²) in [6, 6.07) is 5.15. The van der Waals surface area contributed by atoms with Gasteiger partial charge in [0, 0.05) is 43.0 Å². The number of hydrogen-bond acceptors (Lipinski definition) is 4. The van der Waals surface area contributed by atoms with E-state index in [1.807, 2.05) is 0 Å². The highest BCUT2D eigenvalue weighted by molar-refractivity contribution is 5.88. The van der Waals surface area contributed by atoms with E-state index in [9.17, 15) is 9.59 Å². The molecular weight excluding hydrogens is 204 g/mol. The van der Waals surface area contributed by atoms with E-state index >= 15 is 0 Å². The van der Waals surface area contributed by atoms with Crippen molar-refractivity contribution in [3.8, 4) is 0 Å². The summed E-state index contributed by atoms with van der Waals surface area (Å²) >= 11 is 0. The molecule has 0 amide bonds. The standard InChI is InChI=1S/C12H14N2O2/c15-8-10-1-2-11(9-16)12(7-10)14-5-3-13-4-6-14/h1-2,7-9,13H,3-6H2. The summed E-state index contributed by atoms with van der Waals surface area (Å²) < 4.78 is 0. The number of carbonyl (C=O) groups excluding carboxylic acids is 2. The van der Waals surface area contributed by atoms with Crippen molar-refractivity contribution in [1.29, 1.82) is 0 Å². The molecule has 2 rings (SSSR count). The second kappa shape index (κ2) is 4.90. The Morgan fingerprint density at radius 1 is 1.12 bits per heavy atom. The van der Waals surface area contributed by atoms with Crippen LogP contribution in [0.4, 0.5) is 5.69 Å². The van der Waals surface area contributed by atoms with Gasteiger partial charge in [-0.1, -0.05) is 6.07 Å². The smallest absolute Gasteiger partial charge is 0.152 e. The van der Waals surface area contributed by atoms with E-state index in [2.05, 4.69) is 10.2 Å². The van der Waals surface area contributed by atoms with Gasteiger partial charge in [-0.2, -0.15) is 0 Å². The lowest BCUT2D eigenvalue weighted by molar-refractivity contribution is 0.111. The number of rotatable bonds is 3. The third-order valence-electron chi connectivity index (χ3n) is 2.78. The van der Waals surface area contributed by atoms with E-state index < -0.39 is 0 Å². The minimum atomic E-state index is 0.610. The van der Waals surface area contributed by atoms with Gasteiger partial charge in [0.25, 0.3) is 0 Å². The highest BCUT2D eigenvalue weighted by Crippen LogP contribution is 2.20. The summed E-state index contributed by atoms with van der Waals surface area (Å²) in [5.74, 6) is 0. The maximum atomic E-state index is 10.9. The summed E-state index contributed by atoms with van der Waals surface area (Å²) in [6.07, 6.45) is 1.65. The van der Waals surface area contributed by atoms with Crippen LogP contribution in [0.15, 0.2) is 18.2 Å². The number of nitrogens with one attached hydrogen (secondary N) is 1. The summed E-state index contributed by atoms with van der Waals surface area (Å²) in [5.41, 5.74) is 2.12. The molecule has 0 unspecified atom stereocenters. The number of benzene rings is 1. The Labute approximate surface area is 94.2 Å². The van der Waals surface area contributed by atoms with Crippen LogP contribution in [0.3, 0.4) is 0 Å². The van der Waals surface area contributed by atoms with Gasteiger partial charge in [0.1, 0.15) is 6.29 Å². The Morgan fingerprint density at radius 2 is 1.88 bits per heavy atom. The number of anilines is 1. The lowest BCUT2D eigenvalue weighted by atomic mass is 10.1. The number of nitrogens with zero attached hydrogens (tertiary/aromatic N) is 1. The van der Waals surface area contributed by atoms with Crippen LogP contribution in [-0.4, -0.2) is 38.8 Å². The van der Waals surface area contributed by atoms with Gasteiger partial charge in [-0.05, 0) is 12.1 Å². The maximum Gasteiger partial charge on any atom is 0.152 e. The molecular formula is C12H14N2O2.